The first-order valence-corrected chi connectivity index (χ1v) is 6.75. The number of imide groups is 1. The Labute approximate surface area is 116 Å². The first-order chi connectivity index (χ1) is 9.46. The van der Waals surface area contributed by atoms with E-state index in [2.05, 4.69) is 5.32 Å². The first kappa shape index (κ1) is 13.1. The topological polar surface area (TPSA) is 92.5 Å². The van der Waals surface area contributed by atoms with Crippen molar-refractivity contribution in [1.82, 2.24) is 10.2 Å². The molecule has 6 heteroatoms. The third kappa shape index (κ3) is 1.57. The molecule has 1 aliphatic carbocycles. The van der Waals surface area contributed by atoms with E-state index in [-0.39, 0.29) is 23.8 Å². The SMILES string of the molecule is CC12C(=O)N(C3CCC(=O)NC3)C(=O)C1=CC=CC2N. The normalized spacial score (nSPS) is 36.8. The fourth-order valence-corrected chi connectivity index (χ4v) is 3.11. The molecule has 0 aromatic carbocycles. The van der Waals surface area contributed by atoms with E-state index >= 15 is 0 Å². The lowest BCUT2D eigenvalue weighted by Crippen LogP contribution is -2.53. The highest BCUT2D eigenvalue weighted by atomic mass is 16.2. The number of nitrogens with two attached hydrogens (primary N) is 1. The lowest BCUT2D eigenvalue weighted by molar-refractivity contribution is -0.145. The van der Waals surface area contributed by atoms with Gasteiger partial charge in [-0.3, -0.25) is 19.3 Å². The number of hydrogen-bond acceptors (Lipinski definition) is 4. The second-order valence-electron chi connectivity index (χ2n) is 5.67. The number of carbonyl (C=O) groups excluding carboxylic acids is 3. The van der Waals surface area contributed by atoms with Gasteiger partial charge in [-0.05, 0) is 13.3 Å². The molecule has 3 atom stereocenters. The zero-order valence-corrected chi connectivity index (χ0v) is 11.3. The van der Waals surface area contributed by atoms with Crippen LogP contribution in [0.5, 0.6) is 0 Å². The number of amides is 3. The van der Waals surface area contributed by atoms with Gasteiger partial charge in [0.25, 0.3) is 5.91 Å². The van der Waals surface area contributed by atoms with Crippen molar-refractivity contribution in [2.75, 3.05) is 6.54 Å². The van der Waals surface area contributed by atoms with Crippen LogP contribution in [-0.4, -0.2) is 41.2 Å². The molecule has 3 aliphatic rings. The lowest BCUT2D eigenvalue weighted by Gasteiger charge is -2.32. The maximum Gasteiger partial charge on any atom is 0.257 e. The predicted molar refractivity (Wildman–Crippen MR) is 71.2 cm³/mol. The number of fused-ring (bicyclic) bond motifs is 1. The molecule has 0 aromatic rings. The minimum absolute atomic E-state index is 0.0402. The van der Waals surface area contributed by atoms with Crippen molar-refractivity contribution in [3.63, 3.8) is 0 Å². The van der Waals surface area contributed by atoms with Crippen molar-refractivity contribution in [3.8, 4) is 0 Å². The van der Waals surface area contributed by atoms with Crippen molar-refractivity contribution in [2.24, 2.45) is 11.1 Å². The standard InChI is InChI=1S/C14H17N3O3/c1-14-9(3-2-4-10(14)15)12(19)17(13(14)20)8-5-6-11(18)16-7-8/h2-4,8,10H,5-7,15H2,1H3,(H,16,18). The molecule has 2 heterocycles. The molecular weight excluding hydrogens is 258 g/mol. The molecule has 2 fully saturated rings. The second kappa shape index (κ2) is 4.28. The lowest BCUT2D eigenvalue weighted by atomic mass is 9.74. The van der Waals surface area contributed by atoms with Crippen LogP contribution in [-0.2, 0) is 14.4 Å². The Bertz CT molecular complexity index is 556. The Morgan fingerprint density at radius 3 is 2.75 bits per heavy atom. The van der Waals surface area contributed by atoms with E-state index in [1.165, 1.54) is 4.90 Å². The molecule has 3 N–H and O–H groups in total. The Morgan fingerprint density at radius 1 is 1.40 bits per heavy atom. The molecule has 0 bridgehead atoms. The number of nitrogens with zero attached hydrogens (tertiary/aromatic N) is 1. The largest absolute Gasteiger partial charge is 0.354 e. The third-order valence-electron chi connectivity index (χ3n) is 4.52. The molecule has 0 aromatic heterocycles. The molecule has 0 spiro atoms. The quantitative estimate of drug-likeness (QED) is 0.629. The van der Waals surface area contributed by atoms with Crippen LogP contribution in [0, 0.1) is 5.41 Å². The molecule has 3 amide bonds. The van der Waals surface area contributed by atoms with Gasteiger partial charge in [0.2, 0.25) is 11.8 Å². The van der Waals surface area contributed by atoms with E-state index in [9.17, 15) is 14.4 Å². The Morgan fingerprint density at radius 2 is 2.15 bits per heavy atom. The van der Waals surface area contributed by atoms with Crippen LogP contribution < -0.4 is 11.1 Å². The van der Waals surface area contributed by atoms with Gasteiger partial charge in [-0.2, -0.15) is 0 Å². The molecule has 6 nitrogen and oxygen atoms in total. The van der Waals surface area contributed by atoms with Crippen LogP contribution in [0.1, 0.15) is 19.8 Å². The number of likely N-dealkylation sites (tertiary alicyclic amines) is 1. The summed E-state index contributed by atoms with van der Waals surface area (Å²) in [6.45, 7) is 2.04. The molecule has 2 aliphatic heterocycles. The summed E-state index contributed by atoms with van der Waals surface area (Å²) in [5.41, 5.74) is 5.50. The Balaban J connectivity index is 1.94. The van der Waals surface area contributed by atoms with Crippen molar-refractivity contribution < 1.29 is 14.4 Å². The number of hydrogen-bond donors (Lipinski definition) is 2. The maximum absolute atomic E-state index is 12.7. The zero-order valence-electron chi connectivity index (χ0n) is 11.3. The summed E-state index contributed by atoms with van der Waals surface area (Å²) in [5, 5.41) is 2.70. The summed E-state index contributed by atoms with van der Waals surface area (Å²) in [6.07, 6.45) is 5.97. The van der Waals surface area contributed by atoms with Gasteiger partial charge in [-0.1, -0.05) is 18.2 Å². The molecule has 20 heavy (non-hydrogen) atoms. The molecule has 0 saturated carbocycles. The Hall–Kier alpha value is -1.95. The van der Waals surface area contributed by atoms with Gasteiger partial charge in [0.15, 0.2) is 0 Å². The number of carbonyl (C=O) groups is 3. The summed E-state index contributed by atoms with van der Waals surface area (Å²) in [7, 11) is 0. The molecule has 106 valence electrons. The van der Waals surface area contributed by atoms with Gasteiger partial charge in [0.05, 0.1) is 11.5 Å². The maximum atomic E-state index is 12.7. The number of allylic oxidation sites excluding steroid dienone is 2. The van der Waals surface area contributed by atoms with E-state index in [1.807, 2.05) is 0 Å². The van der Waals surface area contributed by atoms with Crippen molar-refractivity contribution in [1.29, 1.82) is 0 Å². The molecule has 0 radical (unpaired) electrons. The minimum atomic E-state index is -0.979. The summed E-state index contributed by atoms with van der Waals surface area (Å²) >= 11 is 0. The molecule has 3 rings (SSSR count). The van der Waals surface area contributed by atoms with Crippen molar-refractivity contribution >= 4 is 17.7 Å². The van der Waals surface area contributed by atoms with Gasteiger partial charge in [0.1, 0.15) is 0 Å². The highest BCUT2D eigenvalue weighted by Gasteiger charge is 2.57. The smallest absolute Gasteiger partial charge is 0.257 e. The van der Waals surface area contributed by atoms with Crippen LogP contribution in [0.25, 0.3) is 0 Å². The Kier molecular flexibility index (Phi) is 2.79. The van der Waals surface area contributed by atoms with Crippen LogP contribution in [0.3, 0.4) is 0 Å². The summed E-state index contributed by atoms with van der Waals surface area (Å²) in [6, 6.07) is -0.773. The first-order valence-electron chi connectivity index (χ1n) is 6.75. The summed E-state index contributed by atoms with van der Waals surface area (Å²) in [4.78, 5) is 37.7. The van der Waals surface area contributed by atoms with E-state index in [0.29, 0.717) is 25.0 Å². The minimum Gasteiger partial charge on any atom is -0.354 e. The van der Waals surface area contributed by atoms with Gasteiger partial charge in [0, 0.05) is 24.6 Å². The molecule has 3 unspecified atom stereocenters. The van der Waals surface area contributed by atoms with Crippen LogP contribution in [0.15, 0.2) is 23.8 Å². The summed E-state index contributed by atoms with van der Waals surface area (Å²) in [5.74, 6) is -0.577. The van der Waals surface area contributed by atoms with Crippen molar-refractivity contribution in [3.05, 3.63) is 23.8 Å². The fourth-order valence-electron chi connectivity index (χ4n) is 3.11. The van der Waals surface area contributed by atoms with Gasteiger partial charge < -0.3 is 11.1 Å². The second-order valence-corrected chi connectivity index (χ2v) is 5.67. The summed E-state index contributed by atoms with van der Waals surface area (Å²) < 4.78 is 0. The highest BCUT2D eigenvalue weighted by molar-refractivity contribution is 6.18. The average molecular weight is 275 g/mol. The van der Waals surface area contributed by atoms with Crippen LogP contribution in [0.4, 0.5) is 0 Å². The molecule has 2 saturated heterocycles. The van der Waals surface area contributed by atoms with Crippen molar-refractivity contribution in [2.45, 2.75) is 31.8 Å². The van der Waals surface area contributed by atoms with Gasteiger partial charge >= 0.3 is 0 Å². The van der Waals surface area contributed by atoms with E-state index < -0.39 is 11.5 Å². The number of rotatable bonds is 1. The predicted octanol–water partition coefficient (Wildman–Crippen LogP) is -0.536. The fraction of sp³-hybridized carbons (Fsp3) is 0.500. The zero-order chi connectivity index (χ0) is 14.5. The van der Waals surface area contributed by atoms with E-state index in [1.54, 1.807) is 25.2 Å². The highest BCUT2D eigenvalue weighted by Crippen LogP contribution is 2.43. The van der Waals surface area contributed by atoms with E-state index in [0.717, 1.165) is 0 Å². The van der Waals surface area contributed by atoms with Crippen LogP contribution in [0.2, 0.25) is 0 Å². The third-order valence-corrected chi connectivity index (χ3v) is 4.52. The number of piperidine rings is 1. The average Bonchev–Trinajstić information content (AvgIpc) is 2.62. The monoisotopic (exact) mass is 275 g/mol. The van der Waals surface area contributed by atoms with Gasteiger partial charge in [-0.15, -0.1) is 0 Å². The van der Waals surface area contributed by atoms with Gasteiger partial charge in [-0.25, -0.2) is 0 Å². The number of nitrogens with one attached hydrogen (secondary N) is 1. The molecular formula is C14H17N3O3. The van der Waals surface area contributed by atoms with E-state index in [4.69, 9.17) is 5.73 Å². The van der Waals surface area contributed by atoms with Crippen LogP contribution >= 0.6 is 0 Å².